The summed E-state index contributed by atoms with van der Waals surface area (Å²) in [6.07, 6.45) is -0.648. The summed E-state index contributed by atoms with van der Waals surface area (Å²) in [6.45, 7) is 2.05. The van der Waals surface area contributed by atoms with Gasteiger partial charge in [-0.15, -0.1) is 0 Å². The number of aliphatic hydroxyl groups excluding tert-OH is 1. The first-order chi connectivity index (χ1) is 11.4. The summed E-state index contributed by atoms with van der Waals surface area (Å²) in [6, 6.07) is 13.2. The van der Waals surface area contributed by atoms with Crippen LogP contribution in [0.5, 0.6) is 0 Å². The molecule has 2 atom stereocenters. The minimum absolute atomic E-state index is 0.0933. The Morgan fingerprint density at radius 3 is 2.54 bits per heavy atom. The number of likely N-dealkylation sites (tertiary alicyclic amines) is 1. The van der Waals surface area contributed by atoms with Crippen LogP contribution in [0.3, 0.4) is 0 Å². The molecule has 0 radical (unpaired) electrons. The first-order valence-electron chi connectivity index (χ1n) is 7.92. The molecule has 1 amide bonds. The van der Waals surface area contributed by atoms with Gasteiger partial charge in [-0.1, -0.05) is 24.3 Å². The van der Waals surface area contributed by atoms with Crippen molar-refractivity contribution in [2.45, 2.75) is 25.0 Å². The standard InChI is InChI=1S/C19H20FNO3/c1-19(24)8-9-21(12-17(19)22)18(23)15-6-2-4-13(10-15)14-5-3-7-16(20)11-14/h2-7,10-11,17,22,24H,8-9,12H2,1H3/t17-,19-/m0/s1. The van der Waals surface area contributed by atoms with Gasteiger partial charge in [0.2, 0.25) is 0 Å². The van der Waals surface area contributed by atoms with Crippen LogP contribution in [0.15, 0.2) is 48.5 Å². The van der Waals surface area contributed by atoms with Gasteiger partial charge in [0.25, 0.3) is 5.91 Å². The molecule has 1 aliphatic rings. The van der Waals surface area contributed by atoms with E-state index in [-0.39, 0.29) is 18.3 Å². The summed E-state index contributed by atoms with van der Waals surface area (Å²) in [5, 5.41) is 20.0. The topological polar surface area (TPSA) is 60.8 Å². The number of piperidine rings is 1. The second-order valence-corrected chi connectivity index (χ2v) is 6.47. The Hall–Kier alpha value is -2.24. The van der Waals surface area contributed by atoms with Gasteiger partial charge in [0.15, 0.2) is 0 Å². The Balaban J connectivity index is 1.83. The van der Waals surface area contributed by atoms with Gasteiger partial charge in [-0.25, -0.2) is 4.39 Å². The molecule has 1 heterocycles. The van der Waals surface area contributed by atoms with Crippen LogP contribution in [0.25, 0.3) is 11.1 Å². The highest BCUT2D eigenvalue weighted by atomic mass is 19.1. The molecule has 126 valence electrons. The van der Waals surface area contributed by atoms with E-state index in [0.717, 1.165) is 5.56 Å². The highest BCUT2D eigenvalue weighted by Gasteiger charge is 2.38. The molecule has 0 saturated carbocycles. The van der Waals surface area contributed by atoms with Crippen LogP contribution in [0, 0.1) is 5.82 Å². The van der Waals surface area contributed by atoms with E-state index >= 15 is 0 Å². The van der Waals surface area contributed by atoms with Crippen molar-refractivity contribution in [1.29, 1.82) is 0 Å². The lowest BCUT2D eigenvalue weighted by molar-refractivity contribution is -0.0999. The molecule has 2 N–H and O–H groups in total. The maximum Gasteiger partial charge on any atom is 0.253 e. The molecule has 0 aromatic heterocycles. The Morgan fingerprint density at radius 1 is 1.21 bits per heavy atom. The van der Waals surface area contributed by atoms with Gasteiger partial charge in [0, 0.05) is 18.7 Å². The monoisotopic (exact) mass is 329 g/mol. The van der Waals surface area contributed by atoms with E-state index in [2.05, 4.69) is 0 Å². The molecule has 0 bridgehead atoms. The lowest BCUT2D eigenvalue weighted by Crippen LogP contribution is -2.55. The van der Waals surface area contributed by atoms with Crippen LogP contribution in [-0.2, 0) is 0 Å². The summed E-state index contributed by atoms with van der Waals surface area (Å²) in [4.78, 5) is 14.2. The predicted molar refractivity (Wildman–Crippen MR) is 89.0 cm³/mol. The van der Waals surface area contributed by atoms with Crippen LogP contribution in [0.4, 0.5) is 4.39 Å². The first-order valence-corrected chi connectivity index (χ1v) is 7.92. The smallest absolute Gasteiger partial charge is 0.253 e. The van der Waals surface area contributed by atoms with Crippen LogP contribution in [0.1, 0.15) is 23.7 Å². The zero-order valence-electron chi connectivity index (χ0n) is 13.4. The number of aliphatic hydroxyl groups is 2. The largest absolute Gasteiger partial charge is 0.388 e. The van der Waals surface area contributed by atoms with Crippen molar-refractivity contribution in [2.24, 2.45) is 0 Å². The lowest BCUT2D eigenvalue weighted by Gasteiger charge is -2.39. The van der Waals surface area contributed by atoms with E-state index in [4.69, 9.17) is 0 Å². The van der Waals surface area contributed by atoms with Crippen LogP contribution >= 0.6 is 0 Å². The second-order valence-electron chi connectivity index (χ2n) is 6.47. The minimum atomic E-state index is -1.17. The normalized spacial score (nSPS) is 24.0. The van der Waals surface area contributed by atoms with E-state index in [1.807, 2.05) is 6.07 Å². The Bertz CT molecular complexity index is 760. The van der Waals surface area contributed by atoms with E-state index in [9.17, 15) is 19.4 Å². The van der Waals surface area contributed by atoms with Gasteiger partial charge in [0.1, 0.15) is 5.82 Å². The van der Waals surface area contributed by atoms with Crippen molar-refractivity contribution >= 4 is 5.91 Å². The zero-order valence-corrected chi connectivity index (χ0v) is 13.4. The molecule has 5 heteroatoms. The number of amides is 1. The number of hydrogen-bond donors (Lipinski definition) is 2. The second kappa shape index (κ2) is 6.34. The van der Waals surface area contributed by atoms with Gasteiger partial charge in [-0.3, -0.25) is 4.79 Å². The molecule has 2 aromatic carbocycles. The van der Waals surface area contributed by atoms with E-state index in [0.29, 0.717) is 24.1 Å². The third kappa shape index (κ3) is 3.32. The van der Waals surface area contributed by atoms with Crippen molar-refractivity contribution < 1.29 is 19.4 Å². The Morgan fingerprint density at radius 2 is 1.88 bits per heavy atom. The highest BCUT2D eigenvalue weighted by Crippen LogP contribution is 2.25. The molecular formula is C19H20FNO3. The molecule has 1 saturated heterocycles. The number of halogens is 1. The average Bonchev–Trinajstić information content (AvgIpc) is 2.57. The molecule has 3 rings (SSSR count). The van der Waals surface area contributed by atoms with Gasteiger partial charge in [-0.05, 0) is 48.7 Å². The van der Waals surface area contributed by atoms with Crippen LogP contribution in [-0.4, -0.2) is 45.8 Å². The molecular weight excluding hydrogens is 309 g/mol. The number of carbonyl (C=O) groups excluding carboxylic acids is 1. The summed E-state index contributed by atoms with van der Waals surface area (Å²) in [5.74, 6) is -0.534. The summed E-state index contributed by atoms with van der Waals surface area (Å²) in [7, 11) is 0. The molecule has 2 aromatic rings. The summed E-state index contributed by atoms with van der Waals surface area (Å²) in [5.41, 5.74) is 0.766. The van der Waals surface area contributed by atoms with Gasteiger partial charge < -0.3 is 15.1 Å². The fourth-order valence-electron chi connectivity index (χ4n) is 2.89. The average molecular weight is 329 g/mol. The number of hydrogen-bond acceptors (Lipinski definition) is 3. The fourth-order valence-corrected chi connectivity index (χ4v) is 2.89. The minimum Gasteiger partial charge on any atom is -0.388 e. The maximum absolute atomic E-state index is 13.4. The van der Waals surface area contributed by atoms with Crippen molar-refractivity contribution in [1.82, 2.24) is 4.90 Å². The van der Waals surface area contributed by atoms with Crippen molar-refractivity contribution in [3.63, 3.8) is 0 Å². The molecule has 0 unspecified atom stereocenters. The van der Waals surface area contributed by atoms with Gasteiger partial charge in [0.05, 0.1) is 11.7 Å². The number of β-amino-alcohol motifs (C(OH)–C–C–N with tert-alkyl or cyclic N) is 1. The van der Waals surface area contributed by atoms with Crippen molar-refractivity contribution in [3.8, 4) is 11.1 Å². The van der Waals surface area contributed by atoms with Gasteiger partial charge in [-0.2, -0.15) is 0 Å². The third-order valence-electron chi connectivity index (χ3n) is 4.55. The van der Waals surface area contributed by atoms with E-state index in [1.54, 1.807) is 37.3 Å². The molecule has 24 heavy (non-hydrogen) atoms. The maximum atomic E-state index is 13.4. The molecule has 1 fully saturated rings. The molecule has 0 aliphatic carbocycles. The SMILES string of the molecule is C[C@]1(O)CCN(C(=O)c2cccc(-c3cccc(F)c3)c2)C[C@@H]1O. The molecule has 1 aliphatic heterocycles. The van der Waals surface area contributed by atoms with Crippen molar-refractivity contribution in [2.75, 3.05) is 13.1 Å². The van der Waals surface area contributed by atoms with Crippen LogP contribution in [0.2, 0.25) is 0 Å². The lowest BCUT2D eigenvalue weighted by atomic mass is 9.90. The van der Waals surface area contributed by atoms with Gasteiger partial charge >= 0.3 is 0 Å². The predicted octanol–water partition coefficient (Wildman–Crippen LogP) is 2.45. The van der Waals surface area contributed by atoms with Crippen LogP contribution < -0.4 is 0 Å². The van der Waals surface area contributed by atoms with Crippen molar-refractivity contribution in [3.05, 3.63) is 59.9 Å². The Kier molecular flexibility index (Phi) is 4.39. The Labute approximate surface area is 140 Å². The number of rotatable bonds is 2. The number of nitrogens with zero attached hydrogens (tertiary/aromatic N) is 1. The fraction of sp³-hybridized carbons (Fsp3) is 0.316. The summed E-state index contributed by atoms with van der Waals surface area (Å²) < 4.78 is 13.4. The molecule has 0 spiro atoms. The molecule has 4 nitrogen and oxygen atoms in total. The number of benzene rings is 2. The third-order valence-corrected chi connectivity index (χ3v) is 4.55. The first kappa shape index (κ1) is 16.6. The van der Waals surface area contributed by atoms with E-state index in [1.165, 1.54) is 17.0 Å². The number of carbonyl (C=O) groups is 1. The summed E-state index contributed by atoms with van der Waals surface area (Å²) >= 11 is 0. The quantitative estimate of drug-likeness (QED) is 0.890. The zero-order chi connectivity index (χ0) is 17.3. The van der Waals surface area contributed by atoms with E-state index < -0.39 is 11.7 Å². The highest BCUT2D eigenvalue weighted by molar-refractivity contribution is 5.95.